The lowest BCUT2D eigenvalue weighted by Crippen LogP contribution is -2.18. The van der Waals surface area contributed by atoms with Gasteiger partial charge in [0.2, 0.25) is 0 Å². The van der Waals surface area contributed by atoms with Crippen LogP contribution in [0.5, 0.6) is 5.75 Å². The highest BCUT2D eigenvalue weighted by Crippen LogP contribution is 2.25. The molecule has 0 bridgehead atoms. The Balaban J connectivity index is 1.98. The Morgan fingerprint density at radius 3 is 2.47 bits per heavy atom. The second-order valence-electron chi connectivity index (χ2n) is 4.90. The quantitative estimate of drug-likeness (QED) is 0.827. The van der Waals surface area contributed by atoms with E-state index < -0.39 is 11.6 Å². The Labute approximate surface area is 111 Å². The van der Waals surface area contributed by atoms with Crippen molar-refractivity contribution in [2.24, 2.45) is 0 Å². The molecule has 106 valence electrons. The maximum absolute atomic E-state index is 13.8. The van der Waals surface area contributed by atoms with E-state index in [2.05, 4.69) is 5.32 Å². The predicted molar refractivity (Wildman–Crippen MR) is 68.2 cm³/mol. The third-order valence-electron chi connectivity index (χ3n) is 3.10. The number of ether oxygens (including phenoxy) is 2. The van der Waals surface area contributed by atoms with Crippen molar-refractivity contribution in [1.82, 2.24) is 5.32 Å². The summed E-state index contributed by atoms with van der Waals surface area (Å²) in [5, 5.41) is 3.21. The second kappa shape index (κ2) is 6.30. The Morgan fingerprint density at radius 2 is 1.95 bits per heavy atom. The number of rotatable bonds is 7. The van der Waals surface area contributed by atoms with Gasteiger partial charge in [0.05, 0.1) is 6.10 Å². The van der Waals surface area contributed by atoms with Gasteiger partial charge in [0.25, 0.3) is 0 Å². The van der Waals surface area contributed by atoms with Crippen LogP contribution in [0.3, 0.4) is 0 Å². The van der Waals surface area contributed by atoms with E-state index in [-0.39, 0.29) is 18.5 Å². The zero-order valence-corrected chi connectivity index (χ0v) is 11.2. The first-order valence-electron chi connectivity index (χ1n) is 6.47. The third-order valence-corrected chi connectivity index (χ3v) is 3.10. The number of hydrogen-bond acceptors (Lipinski definition) is 3. The summed E-state index contributed by atoms with van der Waals surface area (Å²) in [6, 6.07) is 3.13. The minimum absolute atomic E-state index is 0.115. The molecule has 0 aliphatic heterocycles. The Kier molecular flexibility index (Phi) is 4.71. The summed E-state index contributed by atoms with van der Waals surface area (Å²) in [6.45, 7) is 2.36. The van der Waals surface area contributed by atoms with Crippen LogP contribution >= 0.6 is 0 Å². The molecule has 3 nitrogen and oxygen atoms in total. The molecule has 1 aliphatic carbocycles. The molecule has 1 aromatic rings. The standard InChI is InChI=1S/C14H19F2NO2/c1-9(18-2)8-19-14-12(15)5-10(6-13(14)16)7-17-11-3-4-11/h5-6,9,11,17H,3-4,7-8H2,1-2H3. The highest BCUT2D eigenvalue weighted by molar-refractivity contribution is 5.31. The fourth-order valence-corrected chi connectivity index (χ4v) is 1.67. The predicted octanol–water partition coefficient (Wildman–Crippen LogP) is 2.63. The highest BCUT2D eigenvalue weighted by Gasteiger charge is 2.21. The fourth-order valence-electron chi connectivity index (χ4n) is 1.67. The number of methoxy groups -OCH3 is 1. The van der Waals surface area contributed by atoms with Crippen molar-refractivity contribution >= 4 is 0 Å². The van der Waals surface area contributed by atoms with Crippen molar-refractivity contribution in [3.63, 3.8) is 0 Å². The van der Waals surface area contributed by atoms with E-state index in [0.29, 0.717) is 18.2 Å². The van der Waals surface area contributed by atoms with Crippen molar-refractivity contribution < 1.29 is 18.3 Å². The van der Waals surface area contributed by atoms with E-state index in [1.165, 1.54) is 19.2 Å². The summed E-state index contributed by atoms with van der Waals surface area (Å²) in [4.78, 5) is 0. The average Bonchev–Trinajstić information content (AvgIpc) is 3.19. The lowest BCUT2D eigenvalue weighted by atomic mass is 10.2. The van der Waals surface area contributed by atoms with Crippen LogP contribution in [-0.2, 0) is 11.3 Å². The van der Waals surface area contributed by atoms with E-state index in [9.17, 15) is 8.78 Å². The SMILES string of the molecule is COC(C)COc1c(F)cc(CNC2CC2)cc1F. The molecule has 0 aromatic heterocycles. The molecule has 0 radical (unpaired) electrons. The summed E-state index contributed by atoms with van der Waals surface area (Å²) in [6.07, 6.45) is 2.07. The summed E-state index contributed by atoms with van der Waals surface area (Å²) in [7, 11) is 1.52. The zero-order chi connectivity index (χ0) is 13.8. The first-order valence-corrected chi connectivity index (χ1v) is 6.47. The van der Waals surface area contributed by atoms with Gasteiger partial charge in [0.15, 0.2) is 17.4 Å². The largest absolute Gasteiger partial charge is 0.485 e. The van der Waals surface area contributed by atoms with Crippen LogP contribution in [-0.4, -0.2) is 25.9 Å². The molecular formula is C14H19F2NO2. The van der Waals surface area contributed by atoms with Crippen LogP contribution in [0.2, 0.25) is 0 Å². The minimum atomic E-state index is -0.670. The Hall–Kier alpha value is -1.20. The number of benzene rings is 1. The lowest BCUT2D eigenvalue weighted by molar-refractivity contribution is 0.0685. The van der Waals surface area contributed by atoms with Gasteiger partial charge in [0.1, 0.15) is 6.61 Å². The van der Waals surface area contributed by atoms with E-state index in [0.717, 1.165) is 12.8 Å². The van der Waals surface area contributed by atoms with Crippen LogP contribution in [0.25, 0.3) is 0 Å². The van der Waals surface area contributed by atoms with Gasteiger partial charge >= 0.3 is 0 Å². The van der Waals surface area contributed by atoms with Gasteiger partial charge in [-0.1, -0.05) is 0 Å². The van der Waals surface area contributed by atoms with E-state index in [4.69, 9.17) is 9.47 Å². The molecular weight excluding hydrogens is 252 g/mol. The molecule has 19 heavy (non-hydrogen) atoms. The van der Waals surface area contributed by atoms with Crippen LogP contribution in [0.15, 0.2) is 12.1 Å². The smallest absolute Gasteiger partial charge is 0.190 e. The van der Waals surface area contributed by atoms with Gasteiger partial charge < -0.3 is 14.8 Å². The first kappa shape index (κ1) is 14.2. The van der Waals surface area contributed by atoms with Crippen molar-refractivity contribution in [3.8, 4) is 5.75 Å². The molecule has 0 amide bonds. The molecule has 2 rings (SSSR count). The molecule has 5 heteroatoms. The molecule has 1 saturated carbocycles. The fraction of sp³-hybridized carbons (Fsp3) is 0.571. The lowest BCUT2D eigenvalue weighted by Gasteiger charge is -2.13. The van der Waals surface area contributed by atoms with Crippen LogP contribution in [0.4, 0.5) is 8.78 Å². The number of hydrogen-bond donors (Lipinski definition) is 1. The maximum Gasteiger partial charge on any atom is 0.190 e. The van der Waals surface area contributed by atoms with Crippen molar-refractivity contribution in [2.45, 2.75) is 38.5 Å². The third kappa shape index (κ3) is 4.14. The topological polar surface area (TPSA) is 30.5 Å². The van der Waals surface area contributed by atoms with Crippen molar-refractivity contribution in [3.05, 3.63) is 29.3 Å². The molecule has 1 atom stereocenters. The maximum atomic E-state index is 13.8. The molecule has 0 spiro atoms. The Bertz CT molecular complexity index is 412. The Morgan fingerprint density at radius 1 is 1.32 bits per heavy atom. The number of halogens is 2. The normalized spacial score (nSPS) is 16.4. The van der Waals surface area contributed by atoms with Gasteiger partial charge in [0, 0.05) is 19.7 Å². The highest BCUT2D eigenvalue weighted by atomic mass is 19.1. The number of nitrogens with one attached hydrogen (secondary N) is 1. The van der Waals surface area contributed by atoms with Gasteiger partial charge in [-0.05, 0) is 37.5 Å². The molecule has 1 aromatic carbocycles. The van der Waals surface area contributed by atoms with Crippen molar-refractivity contribution in [2.75, 3.05) is 13.7 Å². The molecule has 1 unspecified atom stereocenters. The average molecular weight is 271 g/mol. The van der Waals surface area contributed by atoms with Crippen LogP contribution in [0, 0.1) is 11.6 Å². The van der Waals surface area contributed by atoms with E-state index in [1.54, 1.807) is 6.92 Å². The molecule has 0 heterocycles. The molecule has 1 fully saturated rings. The molecule has 0 saturated heterocycles. The van der Waals surface area contributed by atoms with Gasteiger partial charge in [-0.15, -0.1) is 0 Å². The van der Waals surface area contributed by atoms with Crippen LogP contribution in [0.1, 0.15) is 25.3 Å². The second-order valence-corrected chi connectivity index (χ2v) is 4.90. The van der Waals surface area contributed by atoms with Crippen molar-refractivity contribution in [1.29, 1.82) is 0 Å². The van der Waals surface area contributed by atoms with Gasteiger partial charge in [-0.25, -0.2) is 8.78 Å². The van der Waals surface area contributed by atoms with E-state index in [1.807, 2.05) is 0 Å². The van der Waals surface area contributed by atoms with Gasteiger partial charge in [-0.3, -0.25) is 0 Å². The van der Waals surface area contributed by atoms with Gasteiger partial charge in [-0.2, -0.15) is 0 Å². The first-order chi connectivity index (χ1) is 9.10. The summed E-state index contributed by atoms with van der Waals surface area (Å²) < 4.78 is 37.6. The summed E-state index contributed by atoms with van der Waals surface area (Å²) >= 11 is 0. The minimum Gasteiger partial charge on any atom is -0.485 e. The monoisotopic (exact) mass is 271 g/mol. The molecule has 1 N–H and O–H groups in total. The summed E-state index contributed by atoms with van der Waals surface area (Å²) in [5.74, 6) is -1.68. The summed E-state index contributed by atoms with van der Waals surface area (Å²) in [5.41, 5.74) is 0.592. The van der Waals surface area contributed by atoms with E-state index >= 15 is 0 Å². The zero-order valence-electron chi connectivity index (χ0n) is 11.2. The molecule has 1 aliphatic rings. The van der Waals surface area contributed by atoms with Crippen LogP contribution < -0.4 is 10.1 Å².